The van der Waals surface area contributed by atoms with Crippen LogP contribution in [-0.4, -0.2) is 75.6 Å². The Balaban J connectivity index is 0.000000479. The summed E-state index contributed by atoms with van der Waals surface area (Å²) < 4.78 is 35.2. The molecular weight excluding hydrogens is 443 g/mol. The molecule has 0 unspecified atom stereocenters. The van der Waals surface area contributed by atoms with E-state index in [1.807, 2.05) is 16.5 Å². The first-order chi connectivity index (χ1) is 15.4. The molecule has 0 atom stereocenters. The second-order valence-corrected chi connectivity index (χ2v) is 7.62. The van der Waals surface area contributed by atoms with Crippen molar-refractivity contribution in [3.63, 3.8) is 0 Å². The number of carboxylic acids is 1. The van der Waals surface area contributed by atoms with E-state index in [1.54, 1.807) is 18.5 Å². The highest BCUT2D eigenvalue weighted by Crippen LogP contribution is 2.22. The molecule has 1 aliphatic rings. The lowest BCUT2D eigenvalue weighted by Crippen LogP contribution is -2.44. The number of piperazine rings is 1. The number of halogens is 3. The molecule has 1 fully saturated rings. The molecule has 3 rings (SSSR count). The molecule has 0 saturated carbocycles. The maximum atomic E-state index is 13.1. The Morgan fingerprint density at radius 3 is 2.33 bits per heavy atom. The van der Waals surface area contributed by atoms with Gasteiger partial charge in [0, 0.05) is 46.3 Å². The molecule has 3 heterocycles. The van der Waals surface area contributed by atoms with Gasteiger partial charge in [-0.25, -0.2) is 4.79 Å². The largest absolute Gasteiger partial charge is 0.490 e. The number of carboxylic acid groups (broad SMARTS) is 1. The molecule has 1 saturated heterocycles. The standard InChI is InChI=1S/C18H27N7O.C2HF3O2/c1-6-7-10-25-14-15(21-18(25)24-11-8-19-9-12-24)20-17(22(4)13(2)3)23(5)16(14)26;3-2(4,5)1(6)7/h13,19H,8-12H2,1-5H3;(H,6,7). The van der Waals surface area contributed by atoms with Crippen molar-refractivity contribution in [3.8, 4) is 11.8 Å². The van der Waals surface area contributed by atoms with Gasteiger partial charge in [-0.05, 0) is 20.8 Å². The van der Waals surface area contributed by atoms with Crippen LogP contribution >= 0.6 is 0 Å². The number of aliphatic carboxylic acids is 1. The van der Waals surface area contributed by atoms with E-state index in [9.17, 15) is 18.0 Å². The third-order valence-corrected chi connectivity index (χ3v) is 5.09. The third-order valence-electron chi connectivity index (χ3n) is 5.09. The molecule has 0 radical (unpaired) electrons. The van der Waals surface area contributed by atoms with Gasteiger partial charge in [-0.15, -0.1) is 5.92 Å². The van der Waals surface area contributed by atoms with Gasteiger partial charge in [-0.1, -0.05) is 5.92 Å². The van der Waals surface area contributed by atoms with Gasteiger partial charge in [0.2, 0.25) is 11.9 Å². The summed E-state index contributed by atoms with van der Waals surface area (Å²) in [6, 6.07) is 0.228. The number of alkyl halides is 3. The zero-order chi connectivity index (χ0) is 24.9. The molecule has 0 aromatic carbocycles. The lowest BCUT2D eigenvalue weighted by molar-refractivity contribution is -0.192. The number of hydrogen-bond acceptors (Lipinski definition) is 7. The number of anilines is 2. The Labute approximate surface area is 189 Å². The molecule has 0 bridgehead atoms. The Kier molecular flexibility index (Phi) is 8.32. The highest BCUT2D eigenvalue weighted by molar-refractivity contribution is 5.76. The number of hydrogen-bond donors (Lipinski definition) is 2. The zero-order valence-electron chi connectivity index (χ0n) is 19.2. The summed E-state index contributed by atoms with van der Waals surface area (Å²) in [5, 5.41) is 10.5. The van der Waals surface area contributed by atoms with Crippen molar-refractivity contribution in [2.75, 3.05) is 43.0 Å². The van der Waals surface area contributed by atoms with Crippen LogP contribution in [0.25, 0.3) is 11.2 Å². The maximum absolute atomic E-state index is 13.1. The van der Waals surface area contributed by atoms with Crippen molar-refractivity contribution in [2.45, 2.75) is 39.5 Å². The van der Waals surface area contributed by atoms with E-state index < -0.39 is 12.1 Å². The van der Waals surface area contributed by atoms with Crippen molar-refractivity contribution in [1.29, 1.82) is 0 Å². The van der Waals surface area contributed by atoms with Crippen molar-refractivity contribution < 1.29 is 23.1 Å². The summed E-state index contributed by atoms with van der Waals surface area (Å²) in [4.78, 5) is 35.6. The minimum Gasteiger partial charge on any atom is -0.475 e. The molecule has 2 aromatic heterocycles. The van der Waals surface area contributed by atoms with Crippen LogP contribution in [0.5, 0.6) is 0 Å². The summed E-state index contributed by atoms with van der Waals surface area (Å²) in [5.41, 5.74) is 0.913. The summed E-state index contributed by atoms with van der Waals surface area (Å²) in [6.45, 7) is 9.86. The monoisotopic (exact) mass is 471 g/mol. The van der Waals surface area contributed by atoms with Gasteiger partial charge in [0.25, 0.3) is 5.56 Å². The number of aromatic nitrogens is 4. The Hall–Kier alpha value is -3.27. The van der Waals surface area contributed by atoms with Crippen LogP contribution in [-0.2, 0) is 18.4 Å². The van der Waals surface area contributed by atoms with Crippen LogP contribution in [0.3, 0.4) is 0 Å². The number of rotatable bonds is 4. The molecule has 2 aromatic rings. The SMILES string of the molecule is CC#CCn1c(N2CCNCC2)nc2nc(N(C)C(C)C)n(C)c(=O)c21.O=C(O)C(F)(F)F. The van der Waals surface area contributed by atoms with Gasteiger partial charge in [0.1, 0.15) is 0 Å². The Morgan fingerprint density at radius 1 is 1.27 bits per heavy atom. The number of carbonyl (C=O) groups is 1. The van der Waals surface area contributed by atoms with Gasteiger partial charge in [0.15, 0.2) is 11.2 Å². The second-order valence-electron chi connectivity index (χ2n) is 7.62. The Morgan fingerprint density at radius 2 is 1.85 bits per heavy atom. The summed E-state index contributed by atoms with van der Waals surface area (Å²) in [7, 11) is 3.70. The van der Waals surface area contributed by atoms with E-state index in [2.05, 4.69) is 35.9 Å². The zero-order valence-corrected chi connectivity index (χ0v) is 19.2. The molecule has 0 spiro atoms. The third kappa shape index (κ3) is 5.95. The highest BCUT2D eigenvalue weighted by Gasteiger charge is 2.38. The lowest BCUT2D eigenvalue weighted by Gasteiger charge is -2.28. The minimum atomic E-state index is -5.08. The highest BCUT2D eigenvalue weighted by atomic mass is 19.4. The molecule has 2 N–H and O–H groups in total. The fourth-order valence-corrected chi connectivity index (χ4v) is 3.10. The van der Waals surface area contributed by atoms with Crippen LogP contribution in [0.15, 0.2) is 4.79 Å². The van der Waals surface area contributed by atoms with Crippen molar-refractivity contribution in [1.82, 2.24) is 24.4 Å². The molecule has 13 heteroatoms. The minimum absolute atomic E-state index is 0.0933. The topological polar surface area (TPSA) is 109 Å². The predicted octanol–water partition coefficient (Wildman–Crippen LogP) is 1.04. The van der Waals surface area contributed by atoms with Crippen molar-refractivity contribution >= 4 is 29.0 Å². The molecule has 182 valence electrons. The molecule has 0 aliphatic carbocycles. The number of fused-ring (bicyclic) bond motifs is 1. The van der Waals surface area contributed by atoms with E-state index in [-0.39, 0.29) is 11.6 Å². The number of nitrogens with zero attached hydrogens (tertiary/aromatic N) is 6. The second kappa shape index (κ2) is 10.6. The van der Waals surface area contributed by atoms with E-state index in [0.717, 1.165) is 32.1 Å². The van der Waals surface area contributed by atoms with E-state index >= 15 is 0 Å². The molecule has 33 heavy (non-hydrogen) atoms. The lowest BCUT2D eigenvalue weighted by atomic mass is 10.3. The quantitative estimate of drug-likeness (QED) is 0.637. The van der Waals surface area contributed by atoms with Gasteiger partial charge in [0.05, 0.1) is 6.54 Å². The smallest absolute Gasteiger partial charge is 0.475 e. The molecule has 10 nitrogen and oxygen atoms in total. The first-order valence-corrected chi connectivity index (χ1v) is 10.3. The van der Waals surface area contributed by atoms with Gasteiger partial charge < -0.3 is 20.2 Å². The fourth-order valence-electron chi connectivity index (χ4n) is 3.10. The first kappa shape index (κ1) is 26.0. The first-order valence-electron chi connectivity index (χ1n) is 10.3. The number of imidazole rings is 1. The molecule has 0 amide bonds. The normalized spacial score (nSPS) is 13.9. The fraction of sp³-hybridized carbons (Fsp3) is 0.600. The number of nitrogens with one attached hydrogen (secondary N) is 1. The summed E-state index contributed by atoms with van der Waals surface area (Å²) in [6.07, 6.45) is -5.08. The van der Waals surface area contributed by atoms with Crippen LogP contribution in [0.1, 0.15) is 20.8 Å². The van der Waals surface area contributed by atoms with Gasteiger partial charge in [-0.3, -0.25) is 13.9 Å². The molecule has 1 aliphatic heterocycles. The average Bonchev–Trinajstić information content (AvgIpc) is 3.13. The predicted molar refractivity (Wildman–Crippen MR) is 119 cm³/mol. The van der Waals surface area contributed by atoms with Gasteiger partial charge in [-0.2, -0.15) is 23.1 Å². The Bertz CT molecular complexity index is 1110. The van der Waals surface area contributed by atoms with E-state index in [4.69, 9.17) is 19.9 Å². The van der Waals surface area contributed by atoms with Crippen LogP contribution < -0.4 is 20.7 Å². The summed E-state index contributed by atoms with van der Waals surface area (Å²) in [5.74, 6) is 4.62. The average molecular weight is 471 g/mol. The van der Waals surface area contributed by atoms with Gasteiger partial charge >= 0.3 is 12.1 Å². The van der Waals surface area contributed by atoms with Crippen LogP contribution in [0.2, 0.25) is 0 Å². The maximum Gasteiger partial charge on any atom is 0.490 e. The van der Waals surface area contributed by atoms with Crippen molar-refractivity contribution in [2.24, 2.45) is 7.05 Å². The van der Waals surface area contributed by atoms with E-state index in [0.29, 0.717) is 23.7 Å². The van der Waals surface area contributed by atoms with E-state index in [1.165, 1.54) is 0 Å². The summed E-state index contributed by atoms with van der Waals surface area (Å²) >= 11 is 0. The molecular formula is C20H28F3N7O3. The van der Waals surface area contributed by atoms with Crippen molar-refractivity contribution in [3.05, 3.63) is 10.4 Å². The van der Waals surface area contributed by atoms with Crippen LogP contribution in [0.4, 0.5) is 25.1 Å². The van der Waals surface area contributed by atoms with Crippen LogP contribution in [0, 0.1) is 11.8 Å².